The number of rotatable bonds is 1. The summed E-state index contributed by atoms with van der Waals surface area (Å²) in [5.41, 5.74) is 11.7. The molecule has 0 saturated carbocycles. The number of fused-ring (bicyclic) bond motifs is 6. The van der Waals surface area contributed by atoms with Crippen molar-refractivity contribution >= 4 is 54.9 Å². The molecule has 204 valence electrons. The molecule has 0 radical (unpaired) electrons. The molecule has 0 N–H and O–H groups in total. The Morgan fingerprint density at radius 2 is 1.48 bits per heavy atom. The molecule has 1 atom stereocenters. The van der Waals surface area contributed by atoms with Crippen molar-refractivity contribution in [3.63, 3.8) is 0 Å². The van der Waals surface area contributed by atoms with Gasteiger partial charge in [0.2, 0.25) is 0 Å². The zero-order valence-electron chi connectivity index (χ0n) is 23.8. The molecule has 0 fully saturated rings. The number of pyridine rings is 2. The van der Waals surface area contributed by atoms with E-state index >= 15 is 0 Å². The fraction of sp³-hybridized carbons (Fsp3) is 0.0811. The maximum Gasteiger partial charge on any atom is 0.315 e. The standard InChI is InChI=1S/C37H22N6O/c1-19-6-5-7-20(2)28(19)25-18-42-36-30-23(33-34(43(25)36)39-15-14-38-33)11-13-27-32(30)37(42)31-26(44-27)12-10-22-21-8-3-4-9-24(21)40-16-17-41(37)35(40)29(22)31/h3-18H,1-2H3/q+2. The van der Waals surface area contributed by atoms with Crippen LogP contribution in [0, 0.1) is 13.8 Å². The third kappa shape index (κ3) is 2.01. The first-order chi connectivity index (χ1) is 21.7. The zero-order chi connectivity index (χ0) is 28.6. The number of hydrogen-bond donors (Lipinski definition) is 0. The van der Waals surface area contributed by atoms with E-state index in [1.165, 1.54) is 60.5 Å². The molecular formula is C37H22N6O+2. The SMILES string of the molecule is Cc1cccc(C)c1-c1c[n+]2c3c4c5c(ccc4c4nccnc4n13)Oc1ccc3c4ccccc4n4cc[n+]6c4c3c1C562. The highest BCUT2D eigenvalue weighted by Crippen LogP contribution is 2.57. The van der Waals surface area contributed by atoms with Crippen LogP contribution < -0.4 is 13.9 Å². The molecule has 7 heteroatoms. The van der Waals surface area contributed by atoms with Gasteiger partial charge in [0.15, 0.2) is 5.69 Å². The van der Waals surface area contributed by atoms with E-state index in [1.807, 2.05) is 0 Å². The van der Waals surface area contributed by atoms with Crippen molar-refractivity contribution in [1.82, 2.24) is 18.8 Å². The predicted octanol–water partition coefficient (Wildman–Crippen LogP) is 6.48. The second kappa shape index (κ2) is 6.71. The van der Waals surface area contributed by atoms with Gasteiger partial charge in [0.05, 0.1) is 10.8 Å². The van der Waals surface area contributed by atoms with E-state index in [0.717, 1.165) is 39.4 Å². The van der Waals surface area contributed by atoms with E-state index in [-0.39, 0.29) is 0 Å². The van der Waals surface area contributed by atoms with Crippen LogP contribution in [0.5, 0.6) is 11.5 Å². The Hall–Kier alpha value is -5.82. The molecule has 9 aromatic rings. The van der Waals surface area contributed by atoms with Gasteiger partial charge < -0.3 is 4.74 Å². The third-order valence-electron chi connectivity index (χ3n) is 10.5. The van der Waals surface area contributed by atoms with Crippen molar-refractivity contribution in [2.24, 2.45) is 0 Å². The Bertz CT molecular complexity index is 2880. The van der Waals surface area contributed by atoms with Gasteiger partial charge in [-0.25, -0.2) is 9.97 Å². The molecule has 44 heavy (non-hydrogen) atoms. The summed E-state index contributed by atoms with van der Waals surface area (Å²) in [5, 5.41) is 5.97. The lowest BCUT2D eigenvalue weighted by Gasteiger charge is -2.30. The Morgan fingerprint density at radius 1 is 0.727 bits per heavy atom. The Labute approximate surface area is 249 Å². The Balaban J connectivity index is 1.40. The van der Waals surface area contributed by atoms with E-state index in [4.69, 9.17) is 14.7 Å². The fourth-order valence-corrected chi connectivity index (χ4v) is 8.99. The van der Waals surface area contributed by atoms with E-state index < -0.39 is 5.66 Å². The second-order valence-electron chi connectivity index (χ2n) is 12.4. The van der Waals surface area contributed by atoms with Crippen LogP contribution >= 0.6 is 0 Å². The van der Waals surface area contributed by atoms with Gasteiger partial charge in [-0.2, -0.15) is 17.9 Å². The summed E-state index contributed by atoms with van der Waals surface area (Å²) in [5.74, 6) is 1.79. The van der Waals surface area contributed by atoms with E-state index in [0.29, 0.717) is 0 Å². The molecule has 0 amide bonds. The normalized spacial score (nSPS) is 17.1. The number of aromatic nitrogens is 6. The lowest BCUT2D eigenvalue weighted by Crippen LogP contribution is -2.71. The van der Waals surface area contributed by atoms with Gasteiger partial charge in [-0.1, -0.05) is 36.4 Å². The van der Waals surface area contributed by atoms with Crippen molar-refractivity contribution < 1.29 is 13.9 Å². The molecule has 1 spiro atoms. The summed E-state index contributed by atoms with van der Waals surface area (Å²) in [6, 6.07) is 24.0. The third-order valence-corrected chi connectivity index (χ3v) is 10.5. The van der Waals surface area contributed by atoms with Crippen LogP contribution in [-0.2, 0) is 5.66 Å². The molecule has 3 aliphatic rings. The van der Waals surface area contributed by atoms with Crippen LogP contribution in [0.3, 0.4) is 0 Å². The number of ether oxygens (including phenoxy) is 1. The average molecular weight is 567 g/mol. The number of benzene rings is 4. The number of para-hydroxylation sites is 1. The molecule has 5 aromatic heterocycles. The van der Waals surface area contributed by atoms with Crippen LogP contribution in [-0.4, -0.2) is 18.8 Å². The van der Waals surface area contributed by atoms with Gasteiger partial charge in [-0.05, 0) is 55.3 Å². The van der Waals surface area contributed by atoms with E-state index in [1.54, 1.807) is 12.4 Å². The molecule has 0 saturated heterocycles. The van der Waals surface area contributed by atoms with Gasteiger partial charge in [0.25, 0.3) is 11.3 Å². The first-order valence-electron chi connectivity index (χ1n) is 15.0. The number of hydrogen-bond acceptors (Lipinski definition) is 3. The summed E-state index contributed by atoms with van der Waals surface area (Å²) in [6.07, 6.45) is 10.4. The topological polar surface area (TPSA) is 51.6 Å². The smallest absolute Gasteiger partial charge is 0.315 e. The van der Waals surface area contributed by atoms with Crippen molar-refractivity contribution in [2.45, 2.75) is 19.5 Å². The van der Waals surface area contributed by atoms with Crippen LogP contribution in [0.1, 0.15) is 22.3 Å². The average Bonchev–Trinajstić information content (AvgIpc) is 3.80. The number of nitrogens with zero attached hydrogens (tertiary/aromatic N) is 6. The highest BCUT2D eigenvalue weighted by Gasteiger charge is 2.65. The lowest BCUT2D eigenvalue weighted by molar-refractivity contribution is -0.944. The summed E-state index contributed by atoms with van der Waals surface area (Å²) in [4.78, 5) is 9.92. The fourth-order valence-electron chi connectivity index (χ4n) is 8.99. The van der Waals surface area contributed by atoms with Crippen molar-refractivity contribution in [1.29, 1.82) is 0 Å². The first kappa shape index (κ1) is 21.8. The van der Waals surface area contributed by atoms with Crippen LogP contribution in [0.15, 0.2) is 97.7 Å². The minimum absolute atomic E-state index is 0.670. The van der Waals surface area contributed by atoms with Gasteiger partial charge in [-0.3, -0.25) is 0 Å². The molecular weight excluding hydrogens is 544 g/mol. The summed E-state index contributed by atoms with van der Waals surface area (Å²) in [6.45, 7) is 4.40. The molecule has 8 heterocycles. The van der Waals surface area contributed by atoms with Gasteiger partial charge in [0, 0.05) is 34.1 Å². The molecule has 0 aliphatic carbocycles. The molecule has 12 rings (SSSR count). The second-order valence-corrected chi connectivity index (χ2v) is 12.4. The minimum Gasteiger partial charge on any atom is -0.456 e. The Morgan fingerprint density at radius 3 is 2.32 bits per heavy atom. The molecule has 3 aliphatic heterocycles. The van der Waals surface area contributed by atoms with Crippen LogP contribution in [0.4, 0.5) is 0 Å². The molecule has 1 unspecified atom stereocenters. The highest BCUT2D eigenvalue weighted by molar-refractivity contribution is 6.17. The van der Waals surface area contributed by atoms with Crippen molar-refractivity contribution in [3.8, 4) is 22.8 Å². The monoisotopic (exact) mass is 566 g/mol. The predicted molar refractivity (Wildman–Crippen MR) is 167 cm³/mol. The highest BCUT2D eigenvalue weighted by atomic mass is 16.5. The van der Waals surface area contributed by atoms with Crippen LogP contribution in [0.2, 0.25) is 0 Å². The molecule has 0 bridgehead atoms. The maximum atomic E-state index is 6.84. The van der Waals surface area contributed by atoms with E-state index in [9.17, 15) is 0 Å². The summed E-state index contributed by atoms with van der Waals surface area (Å²) >= 11 is 0. The van der Waals surface area contributed by atoms with Crippen LogP contribution in [0.25, 0.3) is 66.2 Å². The molecule has 7 nitrogen and oxygen atoms in total. The van der Waals surface area contributed by atoms with Gasteiger partial charge in [0.1, 0.15) is 52.2 Å². The lowest BCUT2D eigenvalue weighted by atomic mass is 9.85. The Kier molecular flexibility index (Phi) is 3.33. The number of aryl methyl sites for hydroxylation is 2. The van der Waals surface area contributed by atoms with Gasteiger partial charge >= 0.3 is 11.3 Å². The first-order valence-corrected chi connectivity index (χ1v) is 15.0. The van der Waals surface area contributed by atoms with Crippen molar-refractivity contribution in [3.05, 3.63) is 120 Å². The summed E-state index contributed by atoms with van der Waals surface area (Å²) < 4.78 is 16.5. The number of imidazole rings is 2. The molecule has 4 aromatic carbocycles. The largest absolute Gasteiger partial charge is 0.456 e. The quantitative estimate of drug-likeness (QED) is 0.169. The zero-order valence-corrected chi connectivity index (χ0v) is 23.8. The van der Waals surface area contributed by atoms with E-state index in [2.05, 4.69) is 117 Å². The van der Waals surface area contributed by atoms with Crippen molar-refractivity contribution in [2.75, 3.05) is 0 Å². The minimum atomic E-state index is -0.670. The summed E-state index contributed by atoms with van der Waals surface area (Å²) in [7, 11) is 0. The van der Waals surface area contributed by atoms with Gasteiger partial charge in [-0.15, -0.1) is 0 Å². The maximum absolute atomic E-state index is 6.84.